The van der Waals surface area contributed by atoms with Crippen LogP contribution in [-0.2, 0) is 11.2 Å². The number of hydrogen-bond donors (Lipinski definition) is 2. The minimum absolute atomic E-state index is 0. The largest absolute Gasteiger partial charge is 0.370 e. The van der Waals surface area contributed by atoms with Crippen molar-refractivity contribution in [3.05, 3.63) is 70.8 Å². The molecule has 1 atom stereocenters. The Hall–Kier alpha value is -2.13. The number of nitrogens with zero attached hydrogens (tertiary/aromatic N) is 2. The first kappa shape index (κ1) is 24.1. The number of morpholine rings is 1. The van der Waals surface area contributed by atoms with Crippen LogP contribution in [0.1, 0.15) is 33.2 Å². The van der Waals surface area contributed by atoms with E-state index in [0.29, 0.717) is 12.2 Å². The molecule has 1 saturated heterocycles. The van der Waals surface area contributed by atoms with Crippen LogP contribution >= 0.6 is 24.0 Å². The van der Waals surface area contributed by atoms with E-state index in [1.165, 1.54) is 11.1 Å². The molecule has 0 aromatic heterocycles. The molecule has 6 nitrogen and oxygen atoms in total. The van der Waals surface area contributed by atoms with Gasteiger partial charge in [0, 0.05) is 32.7 Å². The minimum Gasteiger partial charge on any atom is -0.370 e. The van der Waals surface area contributed by atoms with Gasteiger partial charge in [-0.15, -0.1) is 24.0 Å². The van der Waals surface area contributed by atoms with Gasteiger partial charge < -0.3 is 20.3 Å². The summed E-state index contributed by atoms with van der Waals surface area (Å²) in [5.74, 6) is 0.820. The Balaban J connectivity index is 0.00000320. The van der Waals surface area contributed by atoms with Gasteiger partial charge in [-0.3, -0.25) is 9.79 Å². The predicted molar refractivity (Wildman–Crippen MR) is 132 cm³/mol. The fraction of sp³-hybridized carbons (Fsp3) is 0.391. The smallest absolute Gasteiger partial charge is 0.251 e. The molecule has 30 heavy (non-hydrogen) atoms. The van der Waals surface area contributed by atoms with Crippen LogP contribution in [0.5, 0.6) is 0 Å². The molecule has 1 heterocycles. The average Bonchev–Trinajstić information content (AvgIpc) is 2.77. The van der Waals surface area contributed by atoms with Gasteiger partial charge in [-0.2, -0.15) is 0 Å². The van der Waals surface area contributed by atoms with E-state index in [4.69, 9.17) is 4.74 Å². The van der Waals surface area contributed by atoms with Crippen LogP contribution in [0, 0.1) is 6.92 Å². The fourth-order valence-electron chi connectivity index (χ4n) is 3.64. The summed E-state index contributed by atoms with van der Waals surface area (Å²) < 4.78 is 6.03. The Morgan fingerprint density at radius 2 is 2.03 bits per heavy atom. The molecule has 1 aliphatic rings. The quantitative estimate of drug-likeness (QED) is 0.360. The van der Waals surface area contributed by atoms with Crippen LogP contribution in [0.3, 0.4) is 0 Å². The molecule has 0 bridgehead atoms. The Labute approximate surface area is 196 Å². The Kier molecular flexibility index (Phi) is 9.58. The van der Waals surface area contributed by atoms with Crippen LogP contribution in [0.2, 0.25) is 0 Å². The van der Waals surface area contributed by atoms with Gasteiger partial charge in [0.05, 0.1) is 13.2 Å². The molecule has 0 aliphatic carbocycles. The number of aryl methyl sites for hydroxylation is 1. The molecule has 3 rings (SSSR count). The van der Waals surface area contributed by atoms with Gasteiger partial charge in [0.1, 0.15) is 6.10 Å². The normalized spacial score (nSPS) is 16.6. The van der Waals surface area contributed by atoms with Crippen molar-refractivity contribution in [3.63, 3.8) is 0 Å². The molecular weight excluding hydrogens is 491 g/mol. The lowest BCUT2D eigenvalue weighted by Gasteiger charge is -2.35. The van der Waals surface area contributed by atoms with E-state index >= 15 is 0 Å². The standard InChI is InChI=1S/C23H30N4O2.HI/c1-17-7-4-5-10-20(17)21-16-27(13-14-29-21)23(25-3)26-12-11-18-8-6-9-19(15-18)22(28)24-2;/h4-10,15,21H,11-14,16H2,1-3H3,(H,24,28)(H,25,26);1H. The summed E-state index contributed by atoms with van der Waals surface area (Å²) in [7, 11) is 3.46. The second-order valence-corrected chi connectivity index (χ2v) is 7.17. The number of amides is 1. The molecule has 1 unspecified atom stereocenters. The highest BCUT2D eigenvalue weighted by atomic mass is 127. The highest BCUT2D eigenvalue weighted by Gasteiger charge is 2.25. The van der Waals surface area contributed by atoms with E-state index in [2.05, 4.69) is 51.7 Å². The van der Waals surface area contributed by atoms with Crippen molar-refractivity contribution < 1.29 is 9.53 Å². The van der Waals surface area contributed by atoms with Crippen molar-refractivity contribution in [1.82, 2.24) is 15.5 Å². The van der Waals surface area contributed by atoms with Crippen molar-refractivity contribution in [2.45, 2.75) is 19.4 Å². The zero-order valence-corrected chi connectivity index (χ0v) is 20.2. The zero-order valence-electron chi connectivity index (χ0n) is 17.9. The van der Waals surface area contributed by atoms with Gasteiger partial charge in [0.15, 0.2) is 5.96 Å². The molecule has 0 saturated carbocycles. The third-order valence-corrected chi connectivity index (χ3v) is 5.23. The third-order valence-electron chi connectivity index (χ3n) is 5.23. The molecule has 1 amide bonds. The number of aliphatic imine (C=N–C) groups is 1. The number of ether oxygens (including phenoxy) is 1. The zero-order chi connectivity index (χ0) is 20.6. The lowest BCUT2D eigenvalue weighted by Crippen LogP contribution is -2.48. The van der Waals surface area contributed by atoms with Gasteiger partial charge in [0.2, 0.25) is 0 Å². The number of guanidine groups is 1. The number of carbonyl (C=O) groups excluding carboxylic acids is 1. The van der Waals surface area contributed by atoms with Crippen molar-refractivity contribution >= 4 is 35.8 Å². The van der Waals surface area contributed by atoms with Crippen LogP contribution < -0.4 is 10.6 Å². The van der Waals surface area contributed by atoms with Crippen molar-refractivity contribution in [1.29, 1.82) is 0 Å². The number of carbonyl (C=O) groups is 1. The topological polar surface area (TPSA) is 66.0 Å². The van der Waals surface area contributed by atoms with E-state index in [1.807, 2.05) is 31.3 Å². The first-order valence-electron chi connectivity index (χ1n) is 10.1. The van der Waals surface area contributed by atoms with Gasteiger partial charge in [-0.05, 0) is 42.2 Å². The van der Waals surface area contributed by atoms with E-state index in [0.717, 1.165) is 37.6 Å². The molecular formula is C23H31IN4O2. The van der Waals surface area contributed by atoms with Gasteiger partial charge >= 0.3 is 0 Å². The van der Waals surface area contributed by atoms with Crippen LogP contribution in [0.25, 0.3) is 0 Å². The van der Waals surface area contributed by atoms with Crippen LogP contribution in [-0.4, -0.2) is 57.1 Å². The van der Waals surface area contributed by atoms with Gasteiger partial charge in [0.25, 0.3) is 5.91 Å². The highest BCUT2D eigenvalue weighted by Crippen LogP contribution is 2.24. The summed E-state index contributed by atoms with van der Waals surface area (Å²) >= 11 is 0. The molecule has 1 fully saturated rings. The lowest BCUT2D eigenvalue weighted by molar-refractivity contribution is -0.00829. The number of halogens is 1. The van der Waals surface area contributed by atoms with Crippen molar-refractivity contribution in [3.8, 4) is 0 Å². The Morgan fingerprint density at radius 3 is 2.77 bits per heavy atom. The van der Waals surface area contributed by atoms with Crippen LogP contribution in [0.4, 0.5) is 0 Å². The SMILES string of the molecule is CN=C(NCCc1cccc(C(=O)NC)c1)N1CCOC(c2ccccc2C)C1.I. The third kappa shape index (κ3) is 6.18. The van der Waals surface area contributed by atoms with E-state index in [9.17, 15) is 4.79 Å². The molecule has 2 N–H and O–H groups in total. The molecule has 0 radical (unpaired) electrons. The second kappa shape index (κ2) is 11.9. The molecule has 162 valence electrons. The first-order chi connectivity index (χ1) is 14.1. The maximum Gasteiger partial charge on any atom is 0.251 e. The van der Waals surface area contributed by atoms with Gasteiger partial charge in [-0.25, -0.2) is 0 Å². The average molecular weight is 522 g/mol. The molecule has 0 spiro atoms. The second-order valence-electron chi connectivity index (χ2n) is 7.17. The number of nitrogens with one attached hydrogen (secondary N) is 2. The molecule has 7 heteroatoms. The van der Waals surface area contributed by atoms with Gasteiger partial charge in [-0.1, -0.05) is 36.4 Å². The molecule has 2 aromatic carbocycles. The molecule has 1 aliphatic heterocycles. The maximum atomic E-state index is 11.8. The maximum absolute atomic E-state index is 11.8. The summed E-state index contributed by atoms with van der Waals surface area (Å²) in [4.78, 5) is 18.5. The van der Waals surface area contributed by atoms with E-state index in [-0.39, 0.29) is 36.0 Å². The first-order valence-corrected chi connectivity index (χ1v) is 10.1. The number of rotatable bonds is 5. The summed E-state index contributed by atoms with van der Waals surface area (Å²) in [6.07, 6.45) is 0.864. The van der Waals surface area contributed by atoms with Crippen LogP contribution in [0.15, 0.2) is 53.5 Å². The van der Waals surface area contributed by atoms with E-state index < -0.39 is 0 Å². The minimum atomic E-state index is -0.0637. The lowest BCUT2D eigenvalue weighted by atomic mass is 10.0. The van der Waals surface area contributed by atoms with Crippen molar-refractivity contribution in [2.75, 3.05) is 40.3 Å². The van der Waals surface area contributed by atoms with E-state index in [1.54, 1.807) is 7.05 Å². The van der Waals surface area contributed by atoms with Crippen molar-refractivity contribution in [2.24, 2.45) is 4.99 Å². The summed E-state index contributed by atoms with van der Waals surface area (Å²) in [6, 6.07) is 16.1. The highest BCUT2D eigenvalue weighted by molar-refractivity contribution is 14.0. The number of benzene rings is 2. The summed E-state index contributed by atoms with van der Waals surface area (Å²) in [5.41, 5.74) is 4.29. The number of hydrogen-bond acceptors (Lipinski definition) is 3. The monoisotopic (exact) mass is 522 g/mol. The Morgan fingerprint density at radius 1 is 1.23 bits per heavy atom. The predicted octanol–water partition coefficient (Wildman–Crippen LogP) is 3.16. The fourth-order valence-corrected chi connectivity index (χ4v) is 3.64. The summed E-state index contributed by atoms with van der Waals surface area (Å²) in [6.45, 7) is 5.13. The Bertz CT molecular complexity index is 872. The summed E-state index contributed by atoms with van der Waals surface area (Å²) in [5, 5.41) is 6.12. The molecule has 2 aromatic rings.